The zero-order valence-electron chi connectivity index (χ0n) is 19.4. The molecular weight excluding hydrogens is 408 g/mol. The second-order valence-corrected chi connectivity index (χ2v) is 9.25. The Morgan fingerprint density at radius 2 is 1.66 bits per heavy atom. The van der Waals surface area contributed by atoms with Gasteiger partial charge in [-0.2, -0.15) is 0 Å². The van der Waals surface area contributed by atoms with Crippen LogP contribution < -0.4 is 14.9 Å². The SMILES string of the molecule is CC(C)COC(=O)[C@H](C)Oc1ccc2c(=O)c(Oc3ccc(C(C)(C)C)cc3)coc2c1. The number of carbonyl (C=O) groups excluding carboxylic acids is 1. The summed E-state index contributed by atoms with van der Waals surface area (Å²) in [6.07, 6.45) is 0.503. The van der Waals surface area contributed by atoms with Crippen LogP contribution in [0.2, 0.25) is 0 Å². The van der Waals surface area contributed by atoms with Gasteiger partial charge in [-0.15, -0.1) is 0 Å². The molecule has 6 nitrogen and oxygen atoms in total. The summed E-state index contributed by atoms with van der Waals surface area (Å²) < 4.78 is 22.2. The Labute approximate surface area is 188 Å². The first-order chi connectivity index (χ1) is 15.0. The smallest absolute Gasteiger partial charge is 0.347 e. The van der Waals surface area contributed by atoms with Crippen molar-refractivity contribution in [3.05, 3.63) is 64.5 Å². The summed E-state index contributed by atoms with van der Waals surface area (Å²) in [6.45, 7) is 12.3. The quantitative estimate of drug-likeness (QED) is 0.431. The predicted molar refractivity (Wildman–Crippen MR) is 124 cm³/mol. The van der Waals surface area contributed by atoms with Crippen LogP contribution >= 0.6 is 0 Å². The van der Waals surface area contributed by atoms with Crippen molar-refractivity contribution in [2.24, 2.45) is 5.92 Å². The zero-order chi connectivity index (χ0) is 23.5. The maximum atomic E-state index is 12.8. The number of fused-ring (bicyclic) bond motifs is 1. The third kappa shape index (κ3) is 5.69. The van der Waals surface area contributed by atoms with Gasteiger partial charge < -0.3 is 18.6 Å². The van der Waals surface area contributed by atoms with E-state index in [1.807, 2.05) is 38.1 Å². The van der Waals surface area contributed by atoms with Crippen molar-refractivity contribution in [1.29, 1.82) is 0 Å². The maximum Gasteiger partial charge on any atom is 0.347 e. The molecule has 3 rings (SSSR count). The van der Waals surface area contributed by atoms with Gasteiger partial charge in [0.1, 0.15) is 23.3 Å². The van der Waals surface area contributed by atoms with Gasteiger partial charge in [0, 0.05) is 6.07 Å². The fourth-order valence-corrected chi connectivity index (χ4v) is 3.00. The number of ether oxygens (including phenoxy) is 3. The van der Waals surface area contributed by atoms with Crippen LogP contribution in [0.3, 0.4) is 0 Å². The van der Waals surface area contributed by atoms with Crippen molar-refractivity contribution in [3.8, 4) is 17.2 Å². The standard InChI is InChI=1S/C26H30O6/c1-16(2)14-30-25(28)17(3)31-20-11-12-21-22(13-20)29-15-23(24(21)27)32-19-9-7-18(8-10-19)26(4,5)6/h7-13,15-17H,14H2,1-6H3/t17-/m0/s1. The van der Waals surface area contributed by atoms with Crippen molar-refractivity contribution in [2.75, 3.05) is 6.61 Å². The summed E-state index contributed by atoms with van der Waals surface area (Å²) in [6, 6.07) is 12.4. The normalized spacial score (nSPS) is 12.6. The Bertz CT molecular complexity index is 1140. The molecule has 1 aromatic heterocycles. The minimum absolute atomic E-state index is 0.0307. The molecule has 0 unspecified atom stereocenters. The van der Waals surface area contributed by atoms with Crippen molar-refractivity contribution in [3.63, 3.8) is 0 Å². The number of esters is 1. The Kier molecular flexibility index (Phi) is 6.92. The molecule has 0 amide bonds. The monoisotopic (exact) mass is 438 g/mol. The fraction of sp³-hybridized carbons (Fsp3) is 0.385. The summed E-state index contributed by atoms with van der Waals surface area (Å²) >= 11 is 0. The largest absolute Gasteiger partial charge is 0.479 e. The summed E-state index contributed by atoms with van der Waals surface area (Å²) in [5.41, 5.74) is 1.25. The average molecular weight is 439 g/mol. The lowest BCUT2D eigenvalue weighted by Crippen LogP contribution is -2.27. The highest BCUT2D eigenvalue weighted by Crippen LogP contribution is 2.27. The van der Waals surface area contributed by atoms with E-state index in [-0.39, 0.29) is 22.5 Å². The van der Waals surface area contributed by atoms with E-state index in [0.717, 1.165) is 0 Å². The summed E-state index contributed by atoms with van der Waals surface area (Å²) in [5, 5.41) is 0.358. The fourth-order valence-electron chi connectivity index (χ4n) is 3.00. The molecule has 0 bridgehead atoms. The number of carbonyl (C=O) groups is 1. The molecule has 0 saturated heterocycles. The second kappa shape index (κ2) is 9.47. The minimum Gasteiger partial charge on any atom is -0.479 e. The molecule has 0 radical (unpaired) electrons. The van der Waals surface area contributed by atoms with Gasteiger partial charge in [-0.05, 0) is 48.1 Å². The molecule has 1 atom stereocenters. The van der Waals surface area contributed by atoms with Crippen LogP contribution in [-0.2, 0) is 14.9 Å². The van der Waals surface area contributed by atoms with Gasteiger partial charge >= 0.3 is 5.97 Å². The molecule has 0 fully saturated rings. The van der Waals surface area contributed by atoms with Gasteiger partial charge in [-0.1, -0.05) is 46.8 Å². The Hall–Kier alpha value is -3.28. The average Bonchev–Trinajstić information content (AvgIpc) is 2.73. The molecule has 0 N–H and O–H groups in total. The van der Waals surface area contributed by atoms with Crippen LogP contribution in [0, 0.1) is 5.92 Å². The molecule has 6 heteroatoms. The lowest BCUT2D eigenvalue weighted by atomic mass is 9.87. The lowest BCUT2D eigenvalue weighted by molar-refractivity contribution is -0.152. The molecule has 0 aliphatic carbocycles. The van der Waals surface area contributed by atoms with Gasteiger partial charge in [-0.25, -0.2) is 4.79 Å². The van der Waals surface area contributed by atoms with Gasteiger partial charge in [0.05, 0.1) is 12.0 Å². The summed E-state index contributed by atoms with van der Waals surface area (Å²) in [7, 11) is 0. The van der Waals surface area contributed by atoms with Crippen molar-refractivity contribution >= 4 is 16.9 Å². The number of rotatable bonds is 7. The number of hydrogen-bond acceptors (Lipinski definition) is 6. The first-order valence-corrected chi connectivity index (χ1v) is 10.7. The van der Waals surface area contributed by atoms with E-state index in [4.69, 9.17) is 18.6 Å². The molecule has 0 aliphatic heterocycles. The molecule has 32 heavy (non-hydrogen) atoms. The van der Waals surface area contributed by atoms with Gasteiger partial charge in [0.2, 0.25) is 11.2 Å². The first kappa shape index (κ1) is 23.4. The van der Waals surface area contributed by atoms with E-state index in [9.17, 15) is 9.59 Å². The Balaban J connectivity index is 1.75. The zero-order valence-corrected chi connectivity index (χ0v) is 19.4. The summed E-state index contributed by atoms with van der Waals surface area (Å²) in [4.78, 5) is 24.9. The Morgan fingerprint density at radius 3 is 2.28 bits per heavy atom. The van der Waals surface area contributed by atoms with Crippen molar-refractivity contribution < 1.29 is 23.4 Å². The molecule has 2 aromatic carbocycles. The van der Waals surface area contributed by atoms with Crippen LogP contribution in [-0.4, -0.2) is 18.7 Å². The lowest BCUT2D eigenvalue weighted by Gasteiger charge is -2.19. The summed E-state index contributed by atoms with van der Waals surface area (Å²) in [5.74, 6) is 0.857. The third-order valence-corrected chi connectivity index (χ3v) is 4.87. The minimum atomic E-state index is -0.781. The highest BCUT2D eigenvalue weighted by Gasteiger charge is 2.18. The molecular formula is C26H30O6. The molecule has 0 saturated carbocycles. The van der Waals surface area contributed by atoms with E-state index in [1.54, 1.807) is 25.1 Å². The van der Waals surface area contributed by atoms with E-state index in [2.05, 4.69) is 20.8 Å². The molecule has 0 aliphatic rings. The predicted octanol–water partition coefficient (Wildman–Crippen LogP) is 5.85. The molecule has 170 valence electrons. The van der Waals surface area contributed by atoms with E-state index >= 15 is 0 Å². The number of hydrogen-bond donors (Lipinski definition) is 0. The van der Waals surface area contributed by atoms with E-state index in [0.29, 0.717) is 29.1 Å². The topological polar surface area (TPSA) is 75.0 Å². The van der Waals surface area contributed by atoms with Crippen LogP contribution in [0.15, 0.2) is 57.9 Å². The van der Waals surface area contributed by atoms with Crippen LogP contribution in [0.5, 0.6) is 17.2 Å². The second-order valence-electron chi connectivity index (χ2n) is 9.25. The van der Waals surface area contributed by atoms with Crippen molar-refractivity contribution in [1.82, 2.24) is 0 Å². The van der Waals surface area contributed by atoms with Crippen LogP contribution in [0.4, 0.5) is 0 Å². The molecule has 1 heterocycles. The van der Waals surface area contributed by atoms with Crippen LogP contribution in [0.25, 0.3) is 11.0 Å². The first-order valence-electron chi connectivity index (χ1n) is 10.7. The molecule has 3 aromatic rings. The van der Waals surface area contributed by atoms with E-state index < -0.39 is 12.1 Å². The highest BCUT2D eigenvalue weighted by atomic mass is 16.6. The highest BCUT2D eigenvalue weighted by molar-refractivity contribution is 5.79. The molecule has 0 spiro atoms. The van der Waals surface area contributed by atoms with Crippen molar-refractivity contribution in [2.45, 2.75) is 53.1 Å². The number of benzene rings is 2. The maximum absolute atomic E-state index is 12.8. The third-order valence-electron chi connectivity index (χ3n) is 4.87. The van der Waals surface area contributed by atoms with Gasteiger partial charge in [0.15, 0.2) is 6.10 Å². The van der Waals surface area contributed by atoms with E-state index in [1.165, 1.54) is 11.8 Å². The van der Waals surface area contributed by atoms with Gasteiger partial charge in [-0.3, -0.25) is 4.79 Å². The van der Waals surface area contributed by atoms with Crippen LogP contribution in [0.1, 0.15) is 47.1 Å². The van der Waals surface area contributed by atoms with Gasteiger partial charge in [0.25, 0.3) is 0 Å². The Morgan fingerprint density at radius 1 is 1.00 bits per heavy atom.